The lowest BCUT2D eigenvalue weighted by molar-refractivity contribution is -0.150. The molecule has 1 aliphatic heterocycles. The minimum Gasteiger partial charge on any atom is -0.463 e. The molecule has 11 heteroatoms. The monoisotopic (exact) mass is 389 g/mol. The number of aromatic nitrogens is 2. The Balaban J connectivity index is 1.92. The number of nitrogen functional groups attached to an aromatic ring is 1. The van der Waals surface area contributed by atoms with Crippen LogP contribution in [0, 0.1) is 0 Å². The third kappa shape index (κ3) is 5.07. The fourth-order valence-corrected chi connectivity index (χ4v) is 2.63. The third-order valence-electron chi connectivity index (χ3n) is 4.10. The van der Waals surface area contributed by atoms with E-state index in [2.05, 4.69) is 4.98 Å². The average molecular weight is 389 g/mol. The number of halogens is 2. The number of aliphatic hydroxyl groups excluding tert-OH is 1. The van der Waals surface area contributed by atoms with E-state index in [0.717, 1.165) is 18.5 Å². The van der Waals surface area contributed by atoms with Crippen LogP contribution in [-0.2, 0) is 19.1 Å². The van der Waals surface area contributed by atoms with Crippen molar-refractivity contribution >= 4 is 18.1 Å². The van der Waals surface area contributed by atoms with Gasteiger partial charge in [-0.2, -0.15) is 13.8 Å². The molecule has 1 saturated heterocycles. The van der Waals surface area contributed by atoms with E-state index in [9.17, 15) is 28.3 Å². The van der Waals surface area contributed by atoms with Crippen LogP contribution in [0.2, 0.25) is 0 Å². The van der Waals surface area contributed by atoms with Crippen LogP contribution in [0.5, 0.6) is 0 Å². The normalized spacial score (nSPS) is 23.9. The van der Waals surface area contributed by atoms with Gasteiger partial charge in [-0.05, 0) is 18.9 Å². The van der Waals surface area contributed by atoms with Crippen molar-refractivity contribution in [2.45, 2.75) is 56.5 Å². The topological polar surface area (TPSA) is 134 Å². The Morgan fingerprint density at radius 3 is 2.85 bits per heavy atom. The number of aliphatic hydroxyl groups is 1. The molecule has 27 heavy (non-hydrogen) atoms. The van der Waals surface area contributed by atoms with Gasteiger partial charge in [0.1, 0.15) is 24.8 Å². The van der Waals surface area contributed by atoms with Gasteiger partial charge in [0.25, 0.3) is 0 Å². The fourth-order valence-electron chi connectivity index (χ4n) is 2.63. The summed E-state index contributed by atoms with van der Waals surface area (Å²) < 4.78 is 39.1. The van der Waals surface area contributed by atoms with Crippen molar-refractivity contribution in [1.29, 1.82) is 0 Å². The second-order valence-electron chi connectivity index (χ2n) is 6.14. The van der Waals surface area contributed by atoms with Gasteiger partial charge in [0.2, 0.25) is 6.23 Å². The Morgan fingerprint density at radius 2 is 2.19 bits per heavy atom. The fraction of sp³-hybridized carbons (Fsp3) is 0.625. The number of nitrogens with zero attached hydrogens (tertiary/aromatic N) is 2. The Morgan fingerprint density at radius 1 is 1.44 bits per heavy atom. The average Bonchev–Trinajstić information content (AvgIpc) is 2.83. The summed E-state index contributed by atoms with van der Waals surface area (Å²) in [5.41, 5.74) is 4.26. The van der Waals surface area contributed by atoms with Crippen molar-refractivity contribution in [1.82, 2.24) is 9.55 Å². The van der Waals surface area contributed by atoms with Crippen LogP contribution >= 0.6 is 0 Å². The lowest BCUT2D eigenvalue weighted by Gasteiger charge is -2.20. The summed E-state index contributed by atoms with van der Waals surface area (Å²) in [5, 5.41) is 9.82. The van der Waals surface area contributed by atoms with E-state index < -0.39 is 42.6 Å². The number of ether oxygens (including phenoxy) is 2. The van der Waals surface area contributed by atoms with Gasteiger partial charge in [-0.1, -0.05) is 6.42 Å². The molecule has 1 aliphatic rings. The van der Waals surface area contributed by atoms with Crippen molar-refractivity contribution in [3.63, 3.8) is 0 Å². The Bertz CT molecular complexity index is 726. The van der Waals surface area contributed by atoms with Gasteiger partial charge in [-0.25, -0.2) is 4.79 Å². The first-order valence-corrected chi connectivity index (χ1v) is 8.42. The highest BCUT2D eigenvalue weighted by Crippen LogP contribution is 2.42. The van der Waals surface area contributed by atoms with Crippen LogP contribution < -0.4 is 11.4 Å². The van der Waals surface area contributed by atoms with Gasteiger partial charge in [0.05, 0.1) is 0 Å². The summed E-state index contributed by atoms with van der Waals surface area (Å²) in [6.07, 6.45) is -1.83. The van der Waals surface area contributed by atoms with Crippen molar-refractivity contribution in [3.8, 4) is 0 Å². The molecule has 1 aromatic rings. The number of hydrogen-bond acceptors (Lipinski definition) is 8. The molecule has 9 nitrogen and oxygen atoms in total. The maximum absolute atomic E-state index is 14.3. The molecule has 0 unspecified atom stereocenters. The van der Waals surface area contributed by atoms with Crippen LogP contribution in [0.4, 0.5) is 14.6 Å². The van der Waals surface area contributed by atoms with E-state index in [1.54, 1.807) is 0 Å². The van der Waals surface area contributed by atoms with Crippen LogP contribution in [0.1, 0.15) is 38.3 Å². The minimum absolute atomic E-state index is 0.0584. The van der Waals surface area contributed by atoms with Gasteiger partial charge in [0, 0.05) is 19.0 Å². The van der Waals surface area contributed by atoms with Crippen molar-refractivity contribution < 1.29 is 33.0 Å². The van der Waals surface area contributed by atoms with Gasteiger partial charge < -0.3 is 25.1 Å². The molecule has 0 aromatic carbocycles. The van der Waals surface area contributed by atoms with Gasteiger partial charge in [-0.3, -0.25) is 9.36 Å². The highest BCUT2D eigenvalue weighted by Gasteiger charge is 2.60. The van der Waals surface area contributed by atoms with Crippen molar-refractivity contribution in [2.24, 2.45) is 0 Å². The summed E-state index contributed by atoms with van der Waals surface area (Å²) in [6, 6.07) is 1.14. The lowest BCUT2D eigenvalue weighted by atomic mass is 10.1. The third-order valence-corrected chi connectivity index (χ3v) is 4.10. The maximum atomic E-state index is 14.3. The summed E-state index contributed by atoms with van der Waals surface area (Å²) in [7, 11) is 0. The number of anilines is 1. The lowest BCUT2D eigenvalue weighted by Crippen LogP contribution is -2.42. The zero-order chi connectivity index (χ0) is 20.0. The number of hydrogen-bond donors (Lipinski definition) is 2. The molecule has 2 rings (SSSR count). The maximum Gasteiger partial charge on any atom is 0.351 e. The highest BCUT2D eigenvalue weighted by molar-refractivity contribution is 5.69. The molecule has 0 radical (unpaired) electrons. The quantitative estimate of drug-likeness (QED) is 0.352. The van der Waals surface area contributed by atoms with Gasteiger partial charge in [0.15, 0.2) is 6.10 Å². The number of nitrogens with two attached hydrogens (primary N) is 1. The van der Waals surface area contributed by atoms with Crippen LogP contribution in [0.15, 0.2) is 17.1 Å². The Labute approximate surface area is 153 Å². The standard InChI is InChI=1S/C16H21F2N3O6/c17-16(18)13(24)10(9-26-12(23)5-3-1-2-4-8-22)27-14(16)21-7-6-11(19)20-15(21)25/h6-8,10,13-14,24H,1-5,9H2,(H2,19,20,25)/t10-,13-,14-/m1/s1. The second kappa shape index (κ2) is 9.00. The minimum atomic E-state index is -3.80. The number of carbonyl (C=O) groups excluding carboxylic acids is 2. The zero-order valence-electron chi connectivity index (χ0n) is 14.4. The molecule has 0 aliphatic carbocycles. The largest absolute Gasteiger partial charge is 0.463 e. The molecule has 1 fully saturated rings. The molecule has 0 bridgehead atoms. The van der Waals surface area contributed by atoms with Gasteiger partial charge >= 0.3 is 17.6 Å². The van der Waals surface area contributed by atoms with Gasteiger partial charge in [-0.15, -0.1) is 0 Å². The summed E-state index contributed by atoms with van der Waals surface area (Å²) >= 11 is 0. The molecule has 150 valence electrons. The number of alkyl halides is 2. The van der Waals surface area contributed by atoms with E-state index in [4.69, 9.17) is 15.2 Å². The molecule has 2 heterocycles. The Hall–Kier alpha value is -2.40. The smallest absolute Gasteiger partial charge is 0.351 e. The zero-order valence-corrected chi connectivity index (χ0v) is 14.4. The van der Waals surface area contributed by atoms with E-state index in [-0.39, 0.29) is 12.2 Å². The number of carbonyl (C=O) groups is 2. The molecule has 0 spiro atoms. The second-order valence-corrected chi connectivity index (χ2v) is 6.14. The summed E-state index contributed by atoms with van der Waals surface area (Å²) in [5.74, 6) is -4.57. The first kappa shape index (κ1) is 20.9. The number of esters is 1. The molecular formula is C16H21F2N3O6. The first-order valence-electron chi connectivity index (χ1n) is 8.42. The predicted molar refractivity (Wildman–Crippen MR) is 87.9 cm³/mol. The SMILES string of the molecule is Nc1ccn([C@@H]2O[C@H](COC(=O)CCCCCC=O)[C@@H](O)C2(F)F)c(=O)n1. The van der Waals surface area contributed by atoms with Crippen LogP contribution in [0.25, 0.3) is 0 Å². The van der Waals surface area contributed by atoms with Crippen molar-refractivity contribution in [2.75, 3.05) is 12.3 Å². The van der Waals surface area contributed by atoms with Crippen molar-refractivity contribution in [3.05, 3.63) is 22.7 Å². The van der Waals surface area contributed by atoms with E-state index >= 15 is 0 Å². The summed E-state index contributed by atoms with van der Waals surface area (Å²) in [4.78, 5) is 36.9. The molecular weight excluding hydrogens is 368 g/mol. The highest BCUT2D eigenvalue weighted by atomic mass is 19.3. The molecule has 3 atom stereocenters. The molecule has 3 N–H and O–H groups in total. The number of aldehydes is 1. The number of unbranched alkanes of at least 4 members (excludes halogenated alkanes) is 3. The van der Waals surface area contributed by atoms with E-state index in [1.807, 2.05) is 0 Å². The number of rotatable bonds is 9. The van der Waals surface area contributed by atoms with Crippen LogP contribution in [-0.4, -0.2) is 51.7 Å². The predicted octanol–water partition coefficient (Wildman–Crippen LogP) is 0.412. The first-order chi connectivity index (χ1) is 12.8. The molecule has 0 saturated carbocycles. The van der Waals surface area contributed by atoms with E-state index in [1.165, 1.54) is 0 Å². The van der Waals surface area contributed by atoms with Crippen LogP contribution in [0.3, 0.4) is 0 Å². The van der Waals surface area contributed by atoms with E-state index in [0.29, 0.717) is 30.3 Å². The summed E-state index contributed by atoms with van der Waals surface area (Å²) in [6.45, 7) is -0.586. The Kier molecular flexibility index (Phi) is 6.97. The molecule has 0 amide bonds. The molecule has 1 aromatic heterocycles.